The SMILES string of the molecule is CC(C)C.CCC[C@H](NC(=O)C(C)(C)NCCCC1CCCCC1)C(=O)NCC(N)=O. The van der Waals surface area contributed by atoms with E-state index in [4.69, 9.17) is 5.73 Å². The van der Waals surface area contributed by atoms with E-state index in [9.17, 15) is 14.4 Å². The van der Waals surface area contributed by atoms with Crippen molar-refractivity contribution >= 4 is 17.7 Å². The Kier molecular flexibility index (Phi) is 15.2. The molecule has 0 radical (unpaired) electrons. The summed E-state index contributed by atoms with van der Waals surface area (Å²) in [5.74, 6) is 0.468. The van der Waals surface area contributed by atoms with Gasteiger partial charge in [0.15, 0.2) is 0 Å². The number of carbonyl (C=O) groups excluding carboxylic acids is 3. The van der Waals surface area contributed by atoms with Crippen molar-refractivity contribution in [3.63, 3.8) is 0 Å². The van der Waals surface area contributed by atoms with Gasteiger partial charge >= 0.3 is 0 Å². The van der Waals surface area contributed by atoms with Crippen molar-refractivity contribution in [1.82, 2.24) is 16.0 Å². The summed E-state index contributed by atoms with van der Waals surface area (Å²) < 4.78 is 0. The first-order valence-corrected chi connectivity index (χ1v) is 12.1. The smallest absolute Gasteiger partial charge is 0.243 e. The maximum atomic E-state index is 12.6. The van der Waals surface area contributed by atoms with Gasteiger partial charge in [0.05, 0.1) is 12.1 Å². The molecule has 182 valence electrons. The number of carbonyl (C=O) groups is 3. The van der Waals surface area contributed by atoms with Crippen LogP contribution in [0.15, 0.2) is 0 Å². The van der Waals surface area contributed by atoms with Gasteiger partial charge in [-0.25, -0.2) is 0 Å². The van der Waals surface area contributed by atoms with Gasteiger partial charge in [0.2, 0.25) is 17.7 Å². The van der Waals surface area contributed by atoms with Crippen LogP contribution in [-0.4, -0.2) is 42.4 Å². The normalized spacial score (nSPS) is 15.6. The van der Waals surface area contributed by atoms with Crippen molar-refractivity contribution in [3.05, 3.63) is 0 Å². The summed E-state index contributed by atoms with van der Waals surface area (Å²) in [4.78, 5) is 35.7. The zero-order chi connectivity index (χ0) is 23.9. The quantitative estimate of drug-likeness (QED) is 0.349. The van der Waals surface area contributed by atoms with Crippen molar-refractivity contribution in [2.24, 2.45) is 17.6 Å². The molecule has 7 heteroatoms. The summed E-state index contributed by atoms with van der Waals surface area (Å²) in [6.07, 6.45) is 10.3. The van der Waals surface area contributed by atoms with Gasteiger partial charge in [-0.3, -0.25) is 14.4 Å². The third-order valence-corrected chi connectivity index (χ3v) is 5.28. The molecule has 31 heavy (non-hydrogen) atoms. The van der Waals surface area contributed by atoms with Gasteiger partial charge in [0.25, 0.3) is 0 Å². The van der Waals surface area contributed by atoms with E-state index in [0.29, 0.717) is 6.42 Å². The number of amides is 3. The molecule has 0 bridgehead atoms. The molecular formula is C24H48N4O3. The van der Waals surface area contributed by atoms with E-state index >= 15 is 0 Å². The molecule has 0 heterocycles. The van der Waals surface area contributed by atoms with E-state index in [2.05, 4.69) is 36.7 Å². The summed E-state index contributed by atoms with van der Waals surface area (Å²) in [6.45, 7) is 12.6. The van der Waals surface area contributed by atoms with Crippen LogP contribution in [0.5, 0.6) is 0 Å². The van der Waals surface area contributed by atoms with Crippen LogP contribution in [0.2, 0.25) is 0 Å². The second-order valence-corrected chi connectivity index (χ2v) is 9.93. The molecule has 0 aromatic heterocycles. The van der Waals surface area contributed by atoms with Crippen LogP contribution in [0.1, 0.15) is 99.3 Å². The predicted molar refractivity (Wildman–Crippen MR) is 127 cm³/mol. The molecule has 1 fully saturated rings. The third kappa shape index (κ3) is 14.9. The van der Waals surface area contributed by atoms with E-state index in [1.165, 1.54) is 38.5 Å². The highest BCUT2D eigenvalue weighted by Gasteiger charge is 2.30. The Hall–Kier alpha value is -1.63. The van der Waals surface area contributed by atoms with Gasteiger partial charge in [0.1, 0.15) is 6.04 Å². The number of hydrogen-bond acceptors (Lipinski definition) is 4. The molecule has 1 rings (SSSR count). The van der Waals surface area contributed by atoms with Crippen LogP contribution in [-0.2, 0) is 14.4 Å². The van der Waals surface area contributed by atoms with Crippen LogP contribution < -0.4 is 21.7 Å². The molecule has 1 aliphatic rings. The number of nitrogens with one attached hydrogen (secondary N) is 3. The number of nitrogens with two attached hydrogens (primary N) is 1. The minimum absolute atomic E-state index is 0.215. The van der Waals surface area contributed by atoms with Gasteiger partial charge < -0.3 is 21.7 Å². The van der Waals surface area contributed by atoms with Crippen molar-refractivity contribution in [1.29, 1.82) is 0 Å². The van der Waals surface area contributed by atoms with E-state index in [0.717, 1.165) is 31.2 Å². The predicted octanol–water partition coefficient (Wildman–Crippen LogP) is 3.26. The Balaban J connectivity index is 0.00000206. The fourth-order valence-corrected chi connectivity index (χ4v) is 3.54. The van der Waals surface area contributed by atoms with Gasteiger partial charge in [0, 0.05) is 0 Å². The first kappa shape index (κ1) is 29.4. The topological polar surface area (TPSA) is 113 Å². The molecule has 0 unspecified atom stereocenters. The first-order chi connectivity index (χ1) is 14.5. The summed E-state index contributed by atoms with van der Waals surface area (Å²) in [5, 5.41) is 8.59. The molecule has 1 saturated carbocycles. The third-order valence-electron chi connectivity index (χ3n) is 5.28. The zero-order valence-corrected chi connectivity index (χ0v) is 20.8. The van der Waals surface area contributed by atoms with Gasteiger partial charge in [-0.05, 0) is 51.5 Å². The molecule has 7 nitrogen and oxygen atoms in total. The monoisotopic (exact) mass is 440 g/mol. The fraction of sp³-hybridized carbons (Fsp3) is 0.875. The average molecular weight is 441 g/mol. The van der Waals surface area contributed by atoms with Crippen molar-refractivity contribution in [2.75, 3.05) is 13.1 Å². The van der Waals surface area contributed by atoms with Gasteiger partial charge in [-0.2, -0.15) is 0 Å². The first-order valence-electron chi connectivity index (χ1n) is 12.1. The summed E-state index contributed by atoms with van der Waals surface area (Å²) in [5.41, 5.74) is 4.29. The number of hydrogen-bond donors (Lipinski definition) is 4. The second kappa shape index (κ2) is 16.1. The van der Waals surface area contributed by atoms with Crippen molar-refractivity contribution in [2.45, 2.75) is 111 Å². The molecule has 0 saturated heterocycles. The van der Waals surface area contributed by atoms with Crippen LogP contribution in [0.25, 0.3) is 0 Å². The lowest BCUT2D eigenvalue weighted by atomic mass is 9.86. The second-order valence-electron chi connectivity index (χ2n) is 9.93. The zero-order valence-electron chi connectivity index (χ0n) is 20.8. The lowest BCUT2D eigenvalue weighted by Gasteiger charge is -2.28. The van der Waals surface area contributed by atoms with Crippen LogP contribution >= 0.6 is 0 Å². The van der Waals surface area contributed by atoms with Crippen molar-refractivity contribution in [3.8, 4) is 0 Å². The van der Waals surface area contributed by atoms with Gasteiger partial charge in [-0.1, -0.05) is 66.2 Å². The Morgan fingerprint density at radius 3 is 2.16 bits per heavy atom. The highest BCUT2D eigenvalue weighted by atomic mass is 16.2. The lowest BCUT2D eigenvalue weighted by molar-refractivity contribution is -0.132. The van der Waals surface area contributed by atoms with Crippen molar-refractivity contribution < 1.29 is 14.4 Å². The van der Waals surface area contributed by atoms with E-state index in [-0.39, 0.29) is 18.4 Å². The molecule has 1 atom stereocenters. The molecule has 0 aromatic rings. The highest BCUT2D eigenvalue weighted by molar-refractivity contribution is 5.92. The van der Waals surface area contributed by atoms with Gasteiger partial charge in [-0.15, -0.1) is 0 Å². The highest BCUT2D eigenvalue weighted by Crippen LogP contribution is 2.27. The van der Waals surface area contributed by atoms with Crippen LogP contribution in [0.4, 0.5) is 0 Å². The molecule has 0 aromatic carbocycles. The Labute approximate surface area is 190 Å². The molecule has 3 amide bonds. The number of primary amides is 1. The maximum Gasteiger partial charge on any atom is 0.243 e. The molecular weight excluding hydrogens is 392 g/mol. The average Bonchev–Trinajstić information content (AvgIpc) is 2.69. The standard InChI is InChI=1S/C20H38N4O3.C4H10/c1-4-9-16(18(26)22-14-17(21)25)24-19(27)20(2,3)23-13-8-12-15-10-6-5-7-11-15;1-4(2)3/h15-16,23H,4-14H2,1-3H3,(H2,21,25)(H,22,26)(H,24,27);4H,1-3H3/t16-;/m0./s1. The minimum atomic E-state index is -0.761. The van der Waals surface area contributed by atoms with E-state index in [1.807, 2.05) is 20.8 Å². The number of rotatable bonds is 12. The largest absolute Gasteiger partial charge is 0.368 e. The lowest BCUT2D eigenvalue weighted by Crippen LogP contribution is -2.58. The minimum Gasteiger partial charge on any atom is -0.368 e. The molecule has 5 N–H and O–H groups in total. The van der Waals surface area contributed by atoms with E-state index < -0.39 is 17.5 Å². The van der Waals surface area contributed by atoms with Crippen LogP contribution in [0.3, 0.4) is 0 Å². The summed E-state index contributed by atoms with van der Waals surface area (Å²) in [7, 11) is 0. The Morgan fingerprint density at radius 1 is 1.06 bits per heavy atom. The maximum absolute atomic E-state index is 12.6. The molecule has 1 aliphatic carbocycles. The molecule has 0 aliphatic heterocycles. The van der Waals surface area contributed by atoms with Crippen LogP contribution in [0, 0.1) is 11.8 Å². The van der Waals surface area contributed by atoms with E-state index in [1.54, 1.807) is 0 Å². The summed E-state index contributed by atoms with van der Waals surface area (Å²) in [6, 6.07) is -0.662. The fourth-order valence-electron chi connectivity index (χ4n) is 3.54. The molecule has 0 spiro atoms. The Morgan fingerprint density at radius 2 is 1.65 bits per heavy atom. The Bertz CT molecular complexity index is 526. The summed E-state index contributed by atoms with van der Waals surface area (Å²) >= 11 is 0.